The number of nitrogens with zero attached hydrogens (tertiary/aromatic N) is 2. The summed E-state index contributed by atoms with van der Waals surface area (Å²) in [4.78, 5) is 17.7. The van der Waals surface area contributed by atoms with Gasteiger partial charge in [0.2, 0.25) is 5.91 Å². The molecule has 1 aromatic rings. The summed E-state index contributed by atoms with van der Waals surface area (Å²) in [5.41, 5.74) is 0.914. The van der Waals surface area contributed by atoms with E-state index in [0.717, 1.165) is 18.5 Å². The third kappa shape index (κ3) is 3.17. The van der Waals surface area contributed by atoms with E-state index in [1.165, 1.54) is 0 Å². The van der Waals surface area contributed by atoms with Crippen molar-refractivity contribution in [2.45, 2.75) is 19.4 Å². The van der Waals surface area contributed by atoms with E-state index in [2.05, 4.69) is 4.98 Å². The number of hydrogen-bond acceptors (Lipinski definition) is 3. The highest BCUT2D eigenvalue weighted by molar-refractivity contribution is 5.91. The van der Waals surface area contributed by atoms with E-state index in [1.54, 1.807) is 36.4 Å². The lowest BCUT2D eigenvalue weighted by molar-refractivity contribution is -0.125. The van der Waals surface area contributed by atoms with Crippen molar-refractivity contribution in [3.63, 3.8) is 0 Å². The molecule has 4 heteroatoms. The Labute approximate surface area is 107 Å². The Kier molecular flexibility index (Phi) is 4.10. The zero-order valence-electron chi connectivity index (χ0n) is 10.5. The van der Waals surface area contributed by atoms with Gasteiger partial charge >= 0.3 is 0 Å². The summed E-state index contributed by atoms with van der Waals surface area (Å²) < 4.78 is 0. The van der Waals surface area contributed by atoms with Crippen LogP contribution in [-0.4, -0.2) is 40.1 Å². The Morgan fingerprint density at radius 2 is 2.50 bits per heavy atom. The summed E-state index contributed by atoms with van der Waals surface area (Å²) in [6, 6.07) is 3.74. The summed E-state index contributed by atoms with van der Waals surface area (Å²) in [6.07, 6.45) is 7.29. The van der Waals surface area contributed by atoms with Crippen LogP contribution in [0.25, 0.3) is 6.08 Å². The molecule has 4 nitrogen and oxygen atoms in total. The van der Waals surface area contributed by atoms with E-state index in [9.17, 15) is 9.90 Å². The lowest BCUT2D eigenvalue weighted by atomic mass is 10.0. The minimum atomic E-state index is -0.342. The first kappa shape index (κ1) is 12.8. The number of aliphatic hydroxyl groups is 1. The lowest BCUT2D eigenvalue weighted by Gasteiger charge is -2.15. The van der Waals surface area contributed by atoms with Gasteiger partial charge in [-0.1, -0.05) is 6.07 Å². The zero-order valence-corrected chi connectivity index (χ0v) is 10.5. The van der Waals surface area contributed by atoms with E-state index in [-0.39, 0.29) is 17.9 Å². The molecule has 0 aromatic carbocycles. The van der Waals surface area contributed by atoms with Crippen LogP contribution in [0, 0.1) is 5.92 Å². The van der Waals surface area contributed by atoms with Crippen LogP contribution in [0.3, 0.4) is 0 Å². The summed E-state index contributed by atoms with van der Waals surface area (Å²) in [7, 11) is 0. The minimum Gasteiger partial charge on any atom is -0.393 e. The molecule has 0 aliphatic carbocycles. The second kappa shape index (κ2) is 5.78. The molecule has 18 heavy (non-hydrogen) atoms. The highest BCUT2D eigenvalue weighted by Crippen LogP contribution is 2.19. The Morgan fingerprint density at radius 1 is 1.67 bits per heavy atom. The van der Waals surface area contributed by atoms with Crippen LogP contribution >= 0.6 is 0 Å². The van der Waals surface area contributed by atoms with E-state index in [4.69, 9.17) is 0 Å². The van der Waals surface area contributed by atoms with Crippen LogP contribution in [0.4, 0.5) is 0 Å². The third-order valence-corrected chi connectivity index (χ3v) is 3.32. The van der Waals surface area contributed by atoms with Crippen LogP contribution in [0.5, 0.6) is 0 Å². The molecule has 1 aliphatic heterocycles. The Bertz CT molecular complexity index is 429. The SMILES string of the molecule is CC(O)C1CCN(C(=O)/C=C/c2cccnc2)C1. The van der Waals surface area contributed by atoms with Gasteiger partial charge in [0, 0.05) is 37.5 Å². The predicted molar refractivity (Wildman–Crippen MR) is 69.6 cm³/mol. The molecule has 2 heterocycles. The van der Waals surface area contributed by atoms with Crippen molar-refractivity contribution in [3.05, 3.63) is 36.2 Å². The number of rotatable bonds is 3. The van der Waals surface area contributed by atoms with Crippen LogP contribution in [0.1, 0.15) is 18.9 Å². The molecule has 0 bridgehead atoms. The van der Waals surface area contributed by atoms with Gasteiger partial charge in [0.1, 0.15) is 0 Å². The van der Waals surface area contributed by atoms with Gasteiger partial charge in [-0.3, -0.25) is 9.78 Å². The summed E-state index contributed by atoms with van der Waals surface area (Å²) in [6.45, 7) is 3.16. The molecule has 1 aromatic heterocycles. The van der Waals surface area contributed by atoms with Crippen molar-refractivity contribution in [3.8, 4) is 0 Å². The number of aliphatic hydroxyl groups excluding tert-OH is 1. The second-order valence-electron chi connectivity index (χ2n) is 4.69. The van der Waals surface area contributed by atoms with Gasteiger partial charge < -0.3 is 10.0 Å². The van der Waals surface area contributed by atoms with E-state index in [1.807, 2.05) is 12.1 Å². The first-order chi connectivity index (χ1) is 8.66. The van der Waals surface area contributed by atoms with Crippen molar-refractivity contribution in [1.29, 1.82) is 0 Å². The first-order valence-electron chi connectivity index (χ1n) is 6.22. The molecule has 1 amide bonds. The van der Waals surface area contributed by atoms with Crippen molar-refractivity contribution in [2.24, 2.45) is 5.92 Å². The third-order valence-electron chi connectivity index (χ3n) is 3.32. The minimum absolute atomic E-state index is 0.00185. The van der Waals surface area contributed by atoms with Crippen molar-refractivity contribution < 1.29 is 9.90 Å². The lowest BCUT2D eigenvalue weighted by Crippen LogP contribution is -2.28. The molecule has 1 N–H and O–H groups in total. The molecule has 1 fully saturated rings. The van der Waals surface area contributed by atoms with Crippen molar-refractivity contribution >= 4 is 12.0 Å². The van der Waals surface area contributed by atoms with Gasteiger partial charge in [0.25, 0.3) is 0 Å². The van der Waals surface area contributed by atoms with Gasteiger partial charge in [-0.25, -0.2) is 0 Å². The molecular formula is C14H18N2O2. The van der Waals surface area contributed by atoms with Crippen LogP contribution in [0.2, 0.25) is 0 Å². The largest absolute Gasteiger partial charge is 0.393 e. The van der Waals surface area contributed by atoms with Gasteiger partial charge in [-0.05, 0) is 31.1 Å². The molecule has 0 spiro atoms. The molecule has 1 aliphatic rings. The van der Waals surface area contributed by atoms with Crippen LogP contribution < -0.4 is 0 Å². The molecule has 96 valence electrons. The summed E-state index contributed by atoms with van der Waals surface area (Å²) in [5.74, 6) is 0.211. The highest BCUT2D eigenvalue weighted by Gasteiger charge is 2.27. The van der Waals surface area contributed by atoms with Gasteiger partial charge in [-0.2, -0.15) is 0 Å². The summed E-state index contributed by atoms with van der Waals surface area (Å²) in [5, 5.41) is 9.50. The fourth-order valence-corrected chi connectivity index (χ4v) is 2.13. The molecular weight excluding hydrogens is 228 g/mol. The normalized spacial score (nSPS) is 21.4. The van der Waals surface area contributed by atoms with E-state index < -0.39 is 0 Å². The maximum Gasteiger partial charge on any atom is 0.246 e. The van der Waals surface area contributed by atoms with Gasteiger partial charge in [0.15, 0.2) is 0 Å². The van der Waals surface area contributed by atoms with Crippen molar-refractivity contribution in [1.82, 2.24) is 9.88 Å². The quantitative estimate of drug-likeness (QED) is 0.818. The number of pyridine rings is 1. The fourth-order valence-electron chi connectivity index (χ4n) is 2.13. The molecule has 1 saturated heterocycles. The molecule has 2 rings (SSSR count). The highest BCUT2D eigenvalue weighted by atomic mass is 16.3. The number of amides is 1. The number of likely N-dealkylation sites (tertiary alicyclic amines) is 1. The van der Waals surface area contributed by atoms with Crippen molar-refractivity contribution in [2.75, 3.05) is 13.1 Å². The predicted octanol–water partition coefficient (Wildman–Crippen LogP) is 1.32. The first-order valence-corrected chi connectivity index (χ1v) is 6.22. The maximum absolute atomic E-state index is 11.9. The van der Waals surface area contributed by atoms with E-state index in [0.29, 0.717) is 6.54 Å². The molecule has 0 saturated carbocycles. The Morgan fingerprint density at radius 3 is 3.11 bits per heavy atom. The maximum atomic E-state index is 11.9. The molecule has 0 radical (unpaired) electrons. The topological polar surface area (TPSA) is 53.4 Å². The fraction of sp³-hybridized carbons (Fsp3) is 0.429. The van der Waals surface area contributed by atoms with Crippen LogP contribution in [0.15, 0.2) is 30.6 Å². The standard InChI is InChI=1S/C14H18N2O2/c1-11(17)13-6-8-16(10-13)14(18)5-4-12-3-2-7-15-9-12/h2-5,7,9,11,13,17H,6,8,10H2,1H3/b5-4+. The number of carbonyl (C=O) groups is 1. The average Bonchev–Trinajstić information content (AvgIpc) is 2.87. The average molecular weight is 246 g/mol. The van der Waals surface area contributed by atoms with E-state index >= 15 is 0 Å². The second-order valence-corrected chi connectivity index (χ2v) is 4.69. The van der Waals surface area contributed by atoms with Gasteiger partial charge in [0.05, 0.1) is 6.10 Å². The zero-order chi connectivity index (χ0) is 13.0. The monoisotopic (exact) mass is 246 g/mol. The van der Waals surface area contributed by atoms with Crippen LogP contribution in [-0.2, 0) is 4.79 Å². The molecule has 2 unspecified atom stereocenters. The number of hydrogen-bond donors (Lipinski definition) is 1. The molecule has 2 atom stereocenters. The smallest absolute Gasteiger partial charge is 0.246 e. The Hall–Kier alpha value is -1.68. The Balaban J connectivity index is 1.91. The number of carbonyl (C=O) groups excluding carboxylic acids is 1. The summed E-state index contributed by atoms with van der Waals surface area (Å²) >= 11 is 0. The number of aromatic nitrogens is 1. The van der Waals surface area contributed by atoms with Gasteiger partial charge in [-0.15, -0.1) is 0 Å².